The molecule has 3 rings (SSSR count). The van der Waals surface area contributed by atoms with Crippen LogP contribution in [0.3, 0.4) is 0 Å². The van der Waals surface area contributed by atoms with Gasteiger partial charge in [-0.2, -0.15) is 0 Å². The quantitative estimate of drug-likeness (QED) is 0.822. The van der Waals surface area contributed by atoms with Crippen molar-refractivity contribution in [3.05, 3.63) is 53.8 Å². The molecule has 3 N–H and O–H groups in total. The Kier molecular flexibility index (Phi) is 3.69. The predicted octanol–water partition coefficient (Wildman–Crippen LogP) is 3.77. The lowest BCUT2D eigenvalue weighted by molar-refractivity contribution is 0.322. The minimum atomic E-state index is -0.421. The summed E-state index contributed by atoms with van der Waals surface area (Å²) in [5, 5.41) is 3.39. The van der Waals surface area contributed by atoms with Gasteiger partial charge in [-0.15, -0.1) is 0 Å². The molecule has 2 atom stereocenters. The van der Waals surface area contributed by atoms with Crippen LogP contribution in [0.15, 0.2) is 42.5 Å². The molecule has 0 bridgehead atoms. The summed E-state index contributed by atoms with van der Waals surface area (Å²) in [6.45, 7) is 2.26. The predicted molar refractivity (Wildman–Crippen MR) is 83.2 cm³/mol. The average Bonchev–Trinajstić information content (AvgIpc) is 3.24. The van der Waals surface area contributed by atoms with Crippen molar-refractivity contribution in [2.75, 3.05) is 17.7 Å². The van der Waals surface area contributed by atoms with E-state index in [9.17, 15) is 4.39 Å². The first-order valence-electron chi connectivity index (χ1n) is 7.22. The van der Waals surface area contributed by atoms with Gasteiger partial charge in [-0.25, -0.2) is 4.39 Å². The van der Waals surface area contributed by atoms with Crippen LogP contribution in [0.5, 0.6) is 5.75 Å². The number of hydrogen-bond acceptors (Lipinski definition) is 3. The van der Waals surface area contributed by atoms with Gasteiger partial charge in [0.2, 0.25) is 0 Å². The van der Waals surface area contributed by atoms with E-state index >= 15 is 0 Å². The number of halogens is 1. The van der Waals surface area contributed by atoms with Gasteiger partial charge in [0.05, 0.1) is 18.0 Å². The first kappa shape index (κ1) is 13.7. The smallest absolute Gasteiger partial charge is 0.167 e. The Morgan fingerprint density at radius 2 is 2.05 bits per heavy atom. The molecule has 1 saturated carbocycles. The molecule has 1 fully saturated rings. The zero-order valence-electron chi connectivity index (χ0n) is 12.0. The molecular weight excluding hydrogens is 267 g/mol. The van der Waals surface area contributed by atoms with E-state index in [1.54, 1.807) is 6.07 Å². The second kappa shape index (κ2) is 5.64. The molecule has 0 aromatic heterocycles. The van der Waals surface area contributed by atoms with E-state index in [1.807, 2.05) is 25.1 Å². The summed E-state index contributed by atoms with van der Waals surface area (Å²) in [6.07, 6.45) is 1.06. The van der Waals surface area contributed by atoms with E-state index in [0.717, 1.165) is 12.1 Å². The maximum Gasteiger partial charge on any atom is 0.167 e. The fourth-order valence-corrected chi connectivity index (χ4v) is 2.58. The summed E-state index contributed by atoms with van der Waals surface area (Å²) >= 11 is 0. The molecule has 2 unspecified atom stereocenters. The lowest BCUT2D eigenvalue weighted by Crippen LogP contribution is -2.08. The number of nitrogens with two attached hydrogens (primary N) is 1. The SMILES string of the molecule is CCOc1cc(NC2CC2c2ccccc2)c(N)cc1F. The van der Waals surface area contributed by atoms with Crippen molar-refractivity contribution >= 4 is 11.4 Å². The van der Waals surface area contributed by atoms with Gasteiger partial charge in [-0.3, -0.25) is 0 Å². The van der Waals surface area contributed by atoms with Gasteiger partial charge in [0.25, 0.3) is 0 Å². The van der Waals surface area contributed by atoms with Crippen LogP contribution in [0, 0.1) is 5.82 Å². The van der Waals surface area contributed by atoms with Crippen LogP contribution >= 0.6 is 0 Å². The lowest BCUT2D eigenvalue weighted by atomic mass is 10.1. The van der Waals surface area contributed by atoms with Crippen molar-refractivity contribution < 1.29 is 9.13 Å². The van der Waals surface area contributed by atoms with Crippen LogP contribution in [0.2, 0.25) is 0 Å². The van der Waals surface area contributed by atoms with Crippen LogP contribution < -0.4 is 15.8 Å². The summed E-state index contributed by atoms with van der Waals surface area (Å²) < 4.78 is 19.0. The Morgan fingerprint density at radius 3 is 2.76 bits per heavy atom. The maximum absolute atomic E-state index is 13.7. The lowest BCUT2D eigenvalue weighted by Gasteiger charge is -2.12. The molecule has 0 saturated heterocycles. The molecule has 1 aliphatic carbocycles. The van der Waals surface area contributed by atoms with Gasteiger partial charge in [0.15, 0.2) is 11.6 Å². The maximum atomic E-state index is 13.7. The molecule has 2 aromatic carbocycles. The average molecular weight is 286 g/mol. The van der Waals surface area contributed by atoms with Gasteiger partial charge in [-0.1, -0.05) is 30.3 Å². The molecule has 0 aliphatic heterocycles. The number of rotatable bonds is 5. The summed E-state index contributed by atoms with van der Waals surface area (Å²) in [4.78, 5) is 0. The van der Waals surface area contributed by atoms with Gasteiger partial charge < -0.3 is 15.8 Å². The fourth-order valence-electron chi connectivity index (χ4n) is 2.58. The van der Waals surface area contributed by atoms with E-state index in [1.165, 1.54) is 11.6 Å². The number of ether oxygens (including phenoxy) is 1. The molecule has 0 amide bonds. The van der Waals surface area contributed by atoms with E-state index in [-0.39, 0.29) is 5.75 Å². The van der Waals surface area contributed by atoms with Crippen molar-refractivity contribution in [3.63, 3.8) is 0 Å². The van der Waals surface area contributed by atoms with Gasteiger partial charge in [-0.05, 0) is 18.9 Å². The van der Waals surface area contributed by atoms with Crippen molar-refractivity contribution in [2.24, 2.45) is 0 Å². The minimum Gasteiger partial charge on any atom is -0.491 e. The highest BCUT2D eigenvalue weighted by Crippen LogP contribution is 2.44. The normalized spacial score (nSPS) is 20.1. The van der Waals surface area contributed by atoms with E-state index < -0.39 is 5.82 Å². The molecule has 2 aromatic rings. The summed E-state index contributed by atoms with van der Waals surface area (Å²) in [7, 11) is 0. The highest BCUT2D eigenvalue weighted by molar-refractivity contribution is 5.69. The largest absolute Gasteiger partial charge is 0.491 e. The third-order valence-electron chi connectivity index (χ3n) is 3.76. The zero-order chi connectivity index (χ0) is 14.8. The number of nitrogens with one attached hydrogen (secondary N) is 1. The Balaban J connectivity index is 1.73. The highest BCUT2D eigenvalue weighted by Gasteiger charge is 2.38. The summed E-state index contributed by atoms with van der Waals surface area (Å²) in [5.74, 6) is 0.313. The molecule has 3 nitrogen and oxygen atoms in total. The molecule has 4 heteroatoms. The zero-order valence-corrected chi connectivity index (χ0v) is 12.0. The van der Waals surface area contributed by atoms with E-state index in [0.29, 0.717) is 24.3 Å². The van der Waals surface area contributed by atoms with Crippen LogP contribution in [-0.4, -0.2) is 12.6 Å². The Hall–Kier alpha value is -2.23. The second-order valence-corrected chi connectivity index (χ2v) is 5.31. The first-order valence-corrected chi connectivity index (χ1v) is 7.22. The summed E-state index contributed by atoms with van der Waals surface area (Å²) in [6, 6.07) is 13.7. The van der Waals surface area contributed by atoms with Crippen LogP contribution in [-0.2, 0) is 0 Å². The Bertz CT molecular complexity index is 630. The summed E-state index contributed by atoms with van der Waals surface area (Å²) in [5.41, 5.74) is 8.36. The van der Waals surface area contributed by atoms with Crippen LogP contribution in [0.4, 0.5) is 15.8 Å². The number of benzene rings is 2. The third-order valence-corrected chi connectivity index (χ3v) is 3.76. The Labute approximate surface area is 123 Å². The van der Waals surface area contributed by atoms with Crippen molar-refractivity contribution in [2.45, 2.75) is 25.3 Å². The number of hydrogen-bond donors (Lipinski definition) is 2. The monoisotopic (exact) mass is 286 g/mol. The van der Waals surface area contributed by atoms with E-state index in [2.05, 4.69) is 17.4 Å². The first-order chi connectivity index (χ1) is 10.2. The topological polar surface area (TPSA) is 47.3 Å². The number of nitrogen functional groups attached to an aromatic ring is 1. The molecule has 1 aliphatic rings. The minimum absolute atomic E-state index is 0.242. The van der Waals surface area contributed by atoms with Crippen LogP contribution in [0.1, 0.15) is 24.8 Å². The van der Waals surface area contributed by atoms with Gasteiger partial charge in [0, 0.05) is 24.1 Å². The second-order valence-electron chi connectivity index (χ2n) is 5.31. The molecule has 0 heterocycles. The number of anilines is 2. The van der Waals surface area contributed by atoms with Gasteiger partial charge >= 0.3 is 0 Å². The molecule has 21 heavy (non-hydrogen) atoms. The van der Waals surface area contributed by atoms with Crippen LogP contribution in [0.25, 0.3) is 0 Å². The van der Waals surface area contributed by atoms with Crippen molar-refractivity contribution in [1.82, 2.24) is 0 Å². The fraction of sp³-hybridized carbons (Fsp3) is 0.294. The molecule has 0 radical (unpaired) electrons. The van der Waals surface area contributed by atoms with Gasteiger partial charge in [0.1, 0.15) is 0 Å². The molecule has 0 spiro atoms. The third kappa shape index (κ3) is 2.94. The molecular formula is C17H19FN2O. The standard InChI is InChI=1S/C17H19FN2O/c1-2-21-17-10-16(14(19)9-13(17)18)20-15-8-12(15)11-6-4-3-5-7-11/h3-7,9-10,12,15,20H,2,8,19H2,1H3. The van der Waals surface area contributed by atoms with Crippen molar-refractivity contribution in [3.8, 4) is 5.75 Å². The Morgan fingerprint density at radius 1 is 1.29 bits per heavy atom. The van der Waals surface area contributed by atoms with Crippen molar-refractivity contribution in [1.29, 1.82) is 0 Å². The van der Waals surface area contributed by atoms with E-state index in [4.69, 9.17) is 10.5 Å². The molecule has 110 valence electrons. The highest BCUT2D eigenvalue weighted by atomic mass is 19.1.